The molecule has 0 saturated carbocycles. The van der Waals surface area contributed by atoms with Crippen molar-refractivity contribution in [3.05, 3.63) is 15.6 Å². The zero-order valence-electron chi connectivity index (χ0n) is 10.5. The summed E-state index contributed by atoms with van der Waals surface area (Å²) in [5, 5.41) is 11.2. The summed E-state index contributed by atoms with van der Waals surface area (Å²) in [5.41, 5.74) is -0.789. The molecule has 0 aliphatic carbocycles. The van der Waals surface area contributed by atoms with Gasteiger partial charge in [-0.25, -0.2) is 9.78 Å². The van der Waals surface area contributed by atoms with E-state index in [9.17, 15) is 18.4 Å². The van der Waals surface area contributed by atoms with E-state index in [1.807, 2.05) is 6.92 Å². The maximum absolute atomic E-state index is 13.3. The molecule has 19 heavy (non-hydrogen) atoms. The van der Waals surface area contributed by atoms with Gasteiger partial charge in [-0.1, -0.05) is 6.92 Å². The Morgan fingerprint density at radius 1 is 1.47 bits per heavy atom. The summed E-state index contributed by atoms with van der Waals surface area (Å²) in [4.78, 5) is 25.6. The van der Waals surface area contributed by atoms with Crippen molar-refractivity contribution in [3.8, 4) is 0 Å². The van der Waals surface area contributed by atoms with Gasteiger partial charge in [0.15, 0.2) is 0 Å². The Morgan fingerprint density at radius 2 is 2.11 bits per heavy atom. The number of aromatic nitrogens is 1. The van der Waals surface area contributed by atoms with Crippen LogP contribution >= 0.6 is 11.3 Å². The van der Waals surface area contributed by atoms with E-state index in [-0.39, 0.29) is 22.2 Å². The van der Waals surface area contributed by atoms with Gasteiger partial charge >= 0.3 is 11.9 Å². The second-order valence-corrected chi connectivity index (χ2v) is 5.21. The van der Waals surface area contributed by atoms with E-state index >= 15 is 0 Å². The van der Waals surface area contributed by atoms with Crippen molar-refractivity contribution in [2.45, 2.75) is 32.6 Å². The molecule has 0 atom stereocenters. The molecule has 0 fully saturated rings. The van der Waals surface area contributed by atoms with Gasteiger partial charge in [-0.05, 0) is 13.3 Å². The highest BCUT2D eigenvalue weighted by Gasteiger charge is 2.45. The Balaban J connectivity index is 2.85. The van der Waals surface area contributed by atoms with Crippen molar-refractivity contribution in [2.75, 3.05) is 6.54 Å². The first-order valence-electron chi connectivity index (χ1n) is 5.63. The molecule has 0 spiro atoms. The van der Waals surface area contributed by atoms with Gasteiger partial charge in [0.1, 0.15) is 10.7 Å². The number of hydrogen-bond donors (Lipinski definition) is 2. The lowest BCUT2D eigenvalue weighted by molar-refractivity contribution is -0.166. The van der Waals surface area contributed by atoms with Gasteiger partial charge in [-0.15, -0.1) is 11.3 Å². The van der Waals surface area contributed by atoms with E-state index < -0.39 is 17.6 Å². The Bertz CT molecular complexity index is 488. The van der Waals surface area contributed by atoms with Gasteiger partial charge in [-0.3, -0.25) is 4.79 Å². The standard InChI is InChI=1S/C11H14F2N2O3S/c1-3-4-14-7(16)5-8-15-9(6(2)19-8)11(12,13)10(17)18/h3-5H2,1-2H3,(H,14,16)(H,17,18). The number of alkyl halides is 2. The Hall–Kier alpha value is -1.57. The van der Waals surface area contributed by atoms with Crippen molar-refractivity contribution in [2.24, 2.45) is 0 Å². The van der Waals surface area contributed by atoms with Crippen LogP contribution < -0.4 is 5.32 Å². The Morgan fingerprint density at radius 3 is 2.63 bits per heavy atom. The number of aliphatic carboxylic acids is 1. The number of aryl methyl sites for hydroxylation is 1. The molecule has 0 saturated heterocycles. The van der Waals surface area contributed by atoms with Crippen LogP contribution in [0.2, 0.25) is 0 Å². The molecule has 1 aromatic heterocycles. The van der Waals surface area contributed by atoms with Gasteiger partial charge < -0.3 is 10.4 Å². The van der Waals surface area contributed by atoms with Crippen LogP contribution in [-0.2, 0) is 21.9 Å². The highest BCUT2D eigenvalue weighted by Crippen LogP contribution is 2.33. The fourth-order valence-corrected chi connectivity index (χ4v) is 2.35. The molecule has 1 amide bonds. The molecule has 1 heterocycles. The minimum absolute atomic E-state index is 0.102. The Kier molecular flexibility index (Phi) is 4.93. The number of amides is 1. The lowest BCUT2D eigenvalue weighted by Gasteiger charge is -2.08. The molecule has 0 aliphatic rings. The molecule has 0 aliphatic heterocycles. The zero-order valence-corrected chi connectivity index (χ0v) is 11.3. The van der Waals surface area contributed by atoms with Gasteiger partial charge in [-0.2, -0.15) is 8.78 Å². The van der Waals surface area contributed by atoms with Crippen LogP contribution in [0.3, 0.4) is 0 Å². The third-order valence-electron chi connectivity index (χ3n) is 2.29. The third kappa shape index (κ3) is 3.69. The Labute approximate surface area is 112 Å². The normalized spacial score (nSPS) is 11.4. The van der Waals surface area contributed by atoms with Crippen molar-refractivity contribution >= 4 is 23.2 Å². The number of thiazole rings is 1. The number of halogens is 2. The summed E-state index contributed by atoms with van der Waals surface area (Å²) >= 11 is 0.905. The van der Waals surface area contributed by atoms with E-state index in [1.54, 1.807) is 0 Å². The minimum Gasteiger partial charge on any atom is -0.476 e. The highest BCUT2D eigenvalue weighted by molar-refractivity contribution is 7.11. The summed E-state index contributed by atoms with van der Waals surface area (Å²) in [7, 11) is 0. The largest absolute Gasteiger partial charge is 0.476 e. The van der Waals surface area contributed by atoms with Crippen molar-refractivity contribution in [3.63, 3.8) is 0 Å². The first-order chi connectivity index (χ1) is 8.78. The zero-order chi connectivity index (χ0) is 14.6. The number of carbonyl (C=O) groups is 2. The SMILES string of the molecule is CCCNC(=O)Cc1nc(C(F)(F)C(=O)O)c(C)s1. The van der Waals surface area contributed by atoms with Crippen LogP contribution in [0.5, 0.6) is 0 Å². The van der Waals surface area contributed by atoms with E-state index in [4.69, 9.17) is 5.11 Å². The van der Waals surface area contributed by atoms with Crippen LogP contribution in [0.25, 0.3) is 0 Å². The summed E-state index contributed by atoms with van der Waals surface area (Å²) in [6, 6.07) is 0. The average molecular weight is 292 g/mol. The molecule has 0 unspecified atom stereocenters. The summed E-state index contributed by atoms with van der Waals surface area (Å²) in [6.07, 6.45) is 0.645. The predicted molar refractivity (Wildman–Crippen MR) is 65.4 cm³/mol. The van der Waals surface area contributed by atoms with E-state index in [2.05, 4.69) is 10.3 Å². The number of nitrogens with zero attached hydrogens (tertiary/aromatic N) is 1. The molecule has 1 aromatic rings. The predicted octanol–water partition coefficient (Wildman–Crippen LogP) is 1.70. The van der Waals surface area contributed by atoms with Crippen molar-refractivity contribution in [1.29, 1.82) is 0 Å². The van der Waals surface area contributed by atoms with Crippen LogP contribution in [0.1, 0.15) is 28.9 Å². The number of hydrogen-bond acceptors (Lipinski definition) is 4. The monoisotopic (exact) mass is 292 g/mol. The van der Waals surface area contributed by atoms with Crippen molar-refractivity contribution < 1.29 is 23.5 Å². The lowest BCUT2D eigenvalue weighted by Crippen LogP contribution is -2.27. The third-order valence-corrected chi connectivity index (χ3v) is 3.26. The first-order valence-corrected chi connectivity index (χ1v) is 6.45. The number of rotatable bonds is 6. The molecular formula is C11H14F2N2O3S. The molecule has 2 N–H and O–H groups in total. The molecular weight excluding hydrogens is 278 g/mol. The average Bonchev–Trinajstić information content (AvgIpc) is 2.67. The maximum atomic E-state index is 13.3. The van der Waals surface area contributed by atoms with Crippen LogP contribution in [0.4, 0.5) is 8.78 Å². The van der Waals surface area contributed by atoms with E-state index in [0.29, 0.717) is 6.54 Å². The topological polar surface area (TPSA) is 79.3 Å². The molecule has 1 rings (SSSR count). The molecule has 106 valence electrons. The number of nitrogens with one attached hydrogen (secondary N) is 1. The van der Waals surface area contributed by atoms with Gasteiger partial charge in [0.2, 0.25) is 5.91 Å². The fraction of sp³-hybridized carbons (Fsp3) is 0.545. The summed E-state index contributed by atoms with van der Waals surface area (Å²) in [6.45, 7) is 3.75. The minimum atomic E-state index is -4.03. The van der Waals surface area contributed by atoms with Gasteiger partial charge in [0, 0.05) is 11.4 Å². The van der Waals surface area contributed by atoms with Crippen LogP contribution in [-0.4, -0.2) is 28.5 Å². The smallest absolute Gasteiger partial charge is 0.385 e. The summed E-state index contributed by atoms with van der Waals surface area (Å²) in [5.74, 6) is -6.60. The molecule has 5 nitrogen and oxygen atoms in total. The first kappa shape index (κ1) is 15.5. The lowest BCUT2D eigenvalue weighted by atomic mass is 10.2. The quantitative estimate of drug-likeness (QED) is 0.836. The number of carboxylic acids is 1. The van der Waals surface area contributed by atoms with E-state index in [1.165, 1.54) is 6.92 Å². The van der Waals surface area contributed by atoms with Crippen LogP contribution in [0, 0.1) is 6.92 Å². The van der Waals surface area contributed by atoms with Crippen LogP contribution in [0.15, 0.2) is 0 Å². The highest BCUT2D eigenvalue weighted by atomic mass is 32.1. The van der Waals surface area contributed by atoms with Crippen molar-refractivity contribution in [1.82, 2.24) is 10.3 Å². The van der Waals surface area contributed by atoms with E-state index in [0.717, 1.165) is 17.8 Å². The van der Waals surface area contributed by atoms with Gasteiger partial charge in [0.05, 0.1) is 6.42 Å². The van der Waals surface area contributed by atoms with Gasteiger partial charge in [0.25, 0.3) is 0 Å². The molecule has 0 aromatic carbocycles. The second-order valence-electron chi connectivity index (χ2n) is 3.92. The second kappa shape index (κ2) is 6.05. The maximum Gasteiger partial charge on any atom is 0.385 e. The molecule has 8 heteroatoms. The summed E-state index contributed by atoms with van der Waals surface area (Å²) < 4.78 is 26.7. The molecule has 0 bridgehead atoms. The number of carboxylic acid groups (broad SMARTS) is 1. The fourth-order valence-electron chi connectivity index (χ4n) is 1.38. The molecule has 0 radical (unpaired) electrons. The number of carbonyl (C=O) groups excluding carboxylic acids is 1.